The highest BCUT2D eigenvalue weighted by Crippen LogP contribution is 2.45. The van der Waals surface area contributed by atoms with Crippen LogP contribution in [0.25, 0.3) is 61.7 Å². The van der Waals surface area contributed by atoms with Gasteiger partial charge >= 0.3 is 0 Å². The molecule has 5 aromatic carbocycles. The van der Waals surface area contributed by atoms with Crippen LogP contribution in [0.15, 0.2) is 120 Å². The minimum Gasteiger partial charge on any atom is -0.455 e. The van der Waals surface area contributed by atoms with Crippen molar-refractivity contribution in [1.29, 1.82) is 0 Å². The molecule has 37 heavy (non-hydrogen) atoms. The maximum Gasteiger partial charge on any atom is 0.142 e. The maximum absolute atomic E-state index is 6.88. The van der Waals surface area contributed by atoms with Crippen LogP contribution in [-0.2, 0) is 6.42 Å². The van der Waals surface area contributed by atoms with Gasteiger partial charge in [0.05, 0.1) is 0 Å². The molecule has 1 nitrogen and oxygen atoms in total. The Bertz CT molecular complexity index is 1750. The monoisotopic (exact) mass is 472 g/mol. The summed E-state index contributed by atoms with van der Waals surface area (Å²) in [7, 11) is 0. The second-order valence-electron chi connectivity index (χ2n) is 9.42. The number of hydrogen-bond acceptors (Lipinski definition) is 1. The molecule has 1 aromatic heterocycles. The van der Waals surface area contributed by atoms with Gasteiger partial charge in [0.2, 0.25) is 0 Å². The Morgan fingerprint density at radius 3 is 2.14 bits per heavy atom. The summed E-state index contributed by atoms with van der Waals surface area (Å²) >= 11 is 0. The van der Waals surface area contributed by atoms with Gasteiger partial charge < -0.3 is 4.42 Å². The summed E-state index contributed by atoms with van der Waals surface area (Å²) in [6.07, 6.45) is 6.48. The minimum atomic E-state index is 0.940. The Morgan fingerprint density at radius 1 is 0.595 bits per heavy atom. The minimum absolute atomic E-state index is 0.940. The molecule has 0 bridgehead atoms. The summed E-state index contributed by atoms with van der Waals surface area (Å²) in [4.78, 5) is 0. The molecule has 0 fully saturated rings. The lowest BCUT2D eigenvalue weighted by Gasteiger charge is -2.12. The van der Waals surface area contributed by atoms with Gasteiger partial charge in [-0.3, -0.25) is 0 Å². The molecule has 7 rings (SSSR count). The molecule has 0 saturated heterocycles. The van der Waals surface area contributed by atoms with Gasteiger partial charge in [-0.05, 0) is 52.9 Å². The van der Waals surface area contributed by atoms with Gasteiger partial charge in [0.15, 0.2) is 0 Å². The molecular weight excluding hydrogens is 448 g/mol. The third-order valence-corrected chi connectivity index (χ3v) is 7.26. The van der Waals surface area contributed by atoms with Gasteiger partial charge in [0, 0.05) is 33.4 Å². The average Bonchev–Trinajstić information content (AvgIpc) is 3.37. The second-order valence-corrected chi connectivity index (χ2v) is 9.42. The zero-order valence-electron chi connectivity index (χ0n) is 20.4. The third kappa shape index (κ3) is 3.66. The standard InChI is InChI=1S/C36H24O/c1-3-13-25(14-4-1)27-17-7-10-20-31(27)35-32-21-11-12-22-33(32)36(37-35)34-24-23-28(26-15-5-2-6-16-26)29-18-8-9-19-30(29)34/h1-3,5-10,12-13,15-20,22-24H,11,21H2. The van der Waals surface area contributed by atoms with Crippen molar-refractivity contribution in [3.63, 3.8) is 0 Å². The average molecular weight is 473 g/mol. The van der Waals surface area contributed by atoms with Crippen molar-refractivity contribution < 1.29 is 4.42 Å². The van der Waals surface area contributed by atoms with Crippen LogP contribution in [0.1, 0.15) is 17.5 Å². The number of hydrogen-bond donors (Lipinski definition) is 0. The quantitative estimate of drug-likeness (QED) is 0.249. The van der Waals surface area contributed by atoms with Crippen LogP contribution in [0.2, 0.25) is 0 Å². The van der Waals surface area contributed by atoms with Gasteiger partial charge in [-0.1, -0.05) is 115 Å². The first-order valence-corrected chi connectivity index (χ1v) is 12.8. The van der Waals surface area contributed by atoms with Crippen molar-refractivity contribution in [3.05, 3.63) is 139 Å². The number of allylic oxidation sites excluding steroid dienone is 1. The number of rotatable bonds is 4. The van der Waals surface area contributed by atoms with Crippen molar-refractivity contribution in [2.45, 2.75) is 12.8 Å². The van der Waals surface area contributed by atoms with Crippen LogP contribution in [-0.4, -0.2) is 0 Å². The van der Waals surface area contributed by atoms with E-state index in [2.05, 4.69) is 121 Å². The summed E-state index contributed by atoms with van der Waals surface area (Å²) in [5.74, 6) is 1.90. The van der Waals surface area contributed by atoms with Gasteiger partial charge in [0.25, 0.3) is 0 Å². The molecular formula is C36H24O. The Balaban J connectivity index is 1.46. The van der Waals surface area contributed by atoms with E-state index in [9.17, 15) is 0 Å². The maximum atomic E-state index is 6.88. The van der Waals surface area contributed by atoms with Crippen LogP contribution >= 0.6 is 0 Å². The van der Waals surface area contributed by atoms with Crippen LogP contribution in [0.3, 0.4) is 0 Å². The van der Waals surface area contributed by atoms with E-state index in [1.165, 1.54) is 33.0 Å². The molecule has 0 radical (unpaired) electrons. The molecule has 0 unspecified atom stereocenters. The lowest BCUT2D eigenvalue weighted by atomic mass is 9.89. The lowest BCUT2D eigenvalue weighted by molar-refractivity contribution is 0.595. The molecule has 6 aromatic rings. The van der Waals surface area contributed by atoms with E-state index in [-0.39, 0.29) is 0 Å². The molecule has 0 aliphatic heterocycles. The Morgan fingerprint density at radius 2 is 1.32 bits per heavy atom. The van der Waals surface area contributed by atoms with Crippen molar-refractivity contribution >= 4 is 16.8 Å². The Kier molecular flexibility index (Phi) is 5.23. The van der Waals surface area contributed by atoms with Crippen molar-refractivity contribution in [1.82, 2.24) is 0 Å². The summed E-state index contributed by atoms with van der Waals surface area (Å²) < 4.78 is 6.88. The highest BCUT2D eigenvalue weighted by Gasteiger charge is 2.25. The number of benzene rings is 4. The summed E-state index contributed by atoms with van der Waals surface area (Å²) in [5.41, 5.74) is 9.28. The highest BCUT2D eigenvalue weighted by atomic mass is 16.3. The van der Waals surface area contributed by atoms with Crippen LogP contribution < -0.4 is 0 Å². The van der Waals surface area contributed by atoms with Gasteiger partial charge in [-0.25, -0.2) is 0 Å². The van der Waals surface area contributed by atoms with E-state index in [1.807, 2.05) is 12.1 Å². The largest absolute Gasteiger partial charge is 0.455 e. The Labute approximate surface area is 217 Å². The van der Waals surface area contributed by atoms with Gasteiger partial charge in [-0.15, -0.1) is 0 Å². The normalized spacial score (nSPS) is 12.3. The molecule has 174 valence electrons. The predicted octanol–water partition coefficient (Wildman–Crippen LogP) is 9.66. The molecule has 1 aliphatic rings. The molecule has 0 saturated carbocycles. The molecule has 1 aliphatic carbocycles. The fourth-order valence-electron chi connectivity index (χ4n) is 5.54. The summed E-state index contributed by atoms with van der Waals surface area (Å²) in [5, 5.41) is 2.43. The van der Waals surface area contributed by atoms with Crippen molar-refractivity contribution in [2.75, 3.05) is 0 Å². The van der Waals surface area contributed by atoms with E-state index < -0.39 is 0 Å². The van der Waals surface area contributed by atoms with Crippen molar-refractivity contribution in [2.24, 2.45) is 0 Å². The number of fused-ring (bicyclic) bond motifs is 2. The molecule has 0 N–H and O–H groups in total. The second kappa shape index (κ2) is 9.01. The molecule has 1 heteroatoms. The van der Waals surface area contributed by atoms with E-state index in [0.29, 0.717) is 0 Å². The lowest BCUT2D eigenvalue weighted by Crippen LogP contribution is -1.94. The highest BCUT2D eigenvalue weighted by molar-refractivity contribution is 6.05. The molecule has 1 heterocycles. The first-order valence-electron chi connectivity index (χ1n) is 12.8. The first-order chi connectivity index (χ1) is 18.4. The smallest absolute Gasteiger partial charge is 0.142 e. The van der Waals surface area contributed by atoms with E-state index in [0.717, 1.165) is 46.6 Å². The predicted molar refractivity (Wildman–Crippen MR) is 153 cm³/mol. The topological polar surface area (TPSA) is 13.1 Å². The van der Waals surface area contributed by atoms with E-state index in [1.54, 1.807) is 0 Å². The van der Waals surface area contributed by atoms with Gasteiger partial charge in [-0.2, -0.15) is 0 Å². The zero-order valence-corrected chi connectivity index (χ0v) is 20.4. The van der Waals surface area contributed by atoms with E-state index >= 15 is 0 Å². The van der Waals surface area contributed by atoms with Crippen molar-refractivity contribution in [3.8, 4) is 44.9 Å². The molecule has 0 atom stereocenters. The summed E-state index contributed by atoms with van der Waals surface area (Å²) in [6.45, 7) is 0. The van der Waals surface area contributed by atoms with Crippen LogP contribution in [0.4, 0.5) is 0 Å². The van der Waals surface area contributed by atoms with E-state index in [4.69, 9.17) is 4.42 Å². The third-order valence-electron chi connectivity index (χ3n) is 7.26. The zero-order chi connectivity index (χ0) is 24.6. The van der Waals surface area contributed by atoms with Crippen LogP contribution in [0, 0.1) is 12.1 Å². The fourth-order valence-corrected chi connectivity index (χ4v) is 5.54. The number of furan rings is 1. The van der Waals surface area contributed by atoms with Gasteiger partial charge in [0.1, 0.15) is 11.5 Å². The SMILES string of the molecule is c1cccc(-c2ccccc2-c2oc(-c3ccc(-c4ccccc4)c4ccccc34)c3c2CCC=C3)c#1. The fraction of sp³-hybridized carbons (Fsp3) is 0.0556. The first kappa shape index (κ1) is 21.5. The Hall–Kier alpha value is -4.80. The molecule has 0 amide bonds. The van der Waals surface area contributed by atoms with Crippen LogP contribution in [0.5, 0.6) is 0 Å². The summed E-state index contributed by atoms with van der Waals surface area (Å²) in [6, 6.07) is 44.5. The molecule has 0 spiro atoms.